The zero-order chi connectivity index (χ0) is 15.7. The highest BCUT2D eigenvalue weighted by Gasteiger charge is 2.35. The van der Waals surface area contributed by atoms with Gasteiger partial charge in [0.15, 0.2) is 0 Å². The van der Waals surface area contributed by atoms with Gasteiger partial charge in [0, 0.05) is 6.20 Å². The first-order valence-corrected chi connectivity index (χ1v) is 6.94. The molecule has 1 aliphatic rings. The summed E-state index contributed by atoms with van der Waals surface area (Å²) in [5, 5.41) is 0.368. The fourth-order valence-electron chi connectivity index (χ4n) is 2.15. The number of pyridine rings is 1. The van der Waals surface area contributed by atoms with Gasteiger partial charge in [-0.3, -0.25) is 4.79 Å². The molecule has 0 bridgehead atoms. The van der Waals surface area contributed by atoms with Crippen LogP contribution in [-0.4, -0.2) is 35.0 Å². The zero-order valence-electron chi connectivity index (χ0n) is 11.3. The highest BCUT2D eigenvalue weighted by molar-refractivity contribution is 6.31. The molecule has 1 aliphatic heterocycles. The number of rotatable bonds is 3. The van der Waals surface area contributed by atoms with E-state index < -0.39 is 23.1 Å². The molecule has 0 spiro atoms. The lowest BCUT2D eigenvalue weighted by molar-refractivity contribution is 0.0153. The van der Waals surface area contributed by atoms with Crippen molar-refractivity contribution < 1.29 is 18.3 Å². The molecule has 2 aromatic rings. The molecule has 1 fully saturated rings. The summed E-state index contributed by atoms with van der Waals surface area (Å²) in [6.45, 7) is 0.443. The lowest BCUT2D eigenvalue weighted by Crippen LogP contribution is -2.56. The average molecular weight is 325 g/mol. The molecule has 0 aliphatic carbocycles. The molecule has 2 heterocycles. The summed E-state index contributed by atoms with van der Waals surface area (Å²) >= 11 is 5.92. The Balaban J connectivity index is 1.64. The molecule has 4 nitrogen and oxygen atoms in total. The Kier molecular flexibility index (Phi) is 3.94. The number of hydrogen-bond donors (Lipinski definition) is 0. The minimum absolute atomic E-state index is 0.222. The summed E-state index contributed by atoms with van der Waals surface area (Å²) in [7, 11) is 0. The molecule has 7 heteroatoms. The van der Waals surface area contributed by atoms with Gasteiger partial charge in [-0.25, -0.2) is 13.8 Å². The maximum absolute atomic E-state index is 13.6. The molecule has 0 saturated carbocycles. The van der Waals surface area contributed by atoms with E-state index in [1.54, 1.807) is 12.1 Å². The second-order valence-corrected chi connectivity index (χ2v) is 5.24. The van der Waals surface area contributed by atoms with Crippen LogP contribution in [0.4, 0.5) is 8.78 Å². The van der Waals surface area contributed by atoms with Crippen LogP contribution in [0.25, 0.3) is 0 Å². The van der Waals surface area contributed by atoms with Crippen LogP contribution in [-0.2, 0) is 0 Å². The van der Waals surface area contributed by atoms with Crippen LogP contribution >= 0.6 is 11.6 Å². The van der Waals surface area contributed by atoms with E-state index in [4.69, 9.17) is 16.3 Å². The number of amides is 1. The summed E-state index contributed by atoms with van der Waals surface area (Å²) < 4.78 is 32.7. The zero-order valence-corrected chi connectivity index (χ0v) is 12.1. The average Bonchev–Trinajstić information content (AvgIpc) is 2.43. The number of ether oxygens (including phenoxy) is 1. The van der Waals surface area contributed by atoms with Gasteiger partial charge in [-0.2, -0.15) is 0 Å². The molecule has 0 atom stereocenters. The predicted molar refractivity (Wildman–Crippen MR) is 75.9 cm³/mol. The lowest BCUT2D eigenvalue weighted by atomic mass is 10.1. The van der Waals surface area contributed by atoms with Crippen molar-refractivity contribution in [3.63, 3.8) is 0 Å². The van der Waals surface area contributed by atoms with Gasteiger partial charge in [0.25, 0.3) is 5.91 Å². The summed E-state index contributed by atoms with van der Waals surface area (Å²) in [5.41, 5.74) is -0.545. The van der Waals surface area contributed by atoms with Crippen LogP contribution in [0.1, 0.15) is 10.4 Å². The molecule has 1 saturated heterocycles. The standard InChI is InChI=1S/C15H11ClF2N2O2/c16-10-3-2-6-19-14(10)22-9-7-20(8-9)15(21)13-11(17)4-1-5-12(13)18/h1-6,9H,7-8H2. The van der Waals surface area contributed by atoms with E-state index in [0.29, 0.717) is 5.02 Å². The van der Waals surface area contributed by atoms with Crippen LogP contribution in [0.5, 0.6) is 5.88 Å². The smallest absolute Gasteiger partial charge is 0.260 e. The van der Waals surface area contributed by atoms with Crippen LogP contribution in [0.3, 0.4) is 0 Å². The molecule has 1 aromatic heterocycles. The van der Waals surface area contributed by atoms with E-state index in [9.17, 15) is 13.6 Å². The van der Waals surface area contributed by atoms with Crippen LogP contribution in [0, 0.1) is 11.6 Å². The van der Waals surface area contributed by atoms with Gasteiger partial charge in [-0.15, -0.1) is 0 Å². The number of aromatic nitrogens is 1. The Morgan fingerprint density at radius 3 is 2.55 bits per heavy atom. The van der Waals surface area contributed by atoms with Crippen LogP contribution in [0.15, 0.2) is 36.5 Å². The number of likely N-dealkylation sites (tertiary alicyclic amines) is 1. The predicted octanol–water partition coefficient (Wildman–Crippen LogP) is 2.92. The second kappa shape index (κ2) is 5.88. The number of nitrogens with zero attached hydrogens (tertiary/aromatic N) is 2. The highest BCUT2D eigenvalue weighted by Crippen LogP contribution is 2.25. The summed E-state index contributed by atoms with van der Waals surface area (Å²) in [5.74, 6) is -2.16. The molecule has 1 amide bonds. The monoisotopic (exact) mass is 324 g/mol. The van der Waals surface area contributed by atoms with E-state index in [-0.39, 0.29) is 25.1 Å². The lowest BCUT2D eigenvalue weighted by Gasteiger charge is -2.38. The van der Waals surface area contributed by atoms with Crippen molar-refractivity contribution in [1.82, 2.24) is 9.88 Å². The van der Waals surface area contributed by atoms with Gasteiger partial charge in [-0.05, 0) is 24.3 Å². The van der Waals surface area contributed by atoms with E-state index in [0.717, 1.165) is 12.1 Å². The number of halogens is 3. The number of carbonyl (C=O) groups excluding carboxylic acids is 1. The molecular formula is C15H11ClF2N2O2. The fraction of sp³-hybridized carbons (Fsp3) is 0.200. The van der Waals surface area contributed by atoms with Gasteiger partial charge >= 0.3 is 0 Å². The van der Waals surface area contributed by atoms with Crippen molar-refractivity contribution in [3.8, 4) is 5.88 Å². The fourth-order valence-corrected chi connectivity index (χ4v) is 2.32. The minimum Gasteiger partial charge on any atom is -0.470 e. The Morgan fingerprint density at radius 1 is 1.23 bits per heavy atom. The van der Waals surface area contributed by atoms with Crippen molar-refractivity contribution >= 4 is 17.5 Å². The Morgan fingerprint density at radius 2 is 1.91 bits per heavy atom. The summed E-state index contributed by atoms with van der Waals surface area (Å²) in [6, 6.07) is 6.63. The second-order valence-electron chi connectivity index (χ2n) is 4.84. The first-order chi connectivity index (χ1) is 10.6. The topological polar surface area (TPSA) is 42.4 Å². The molecule has 114 valence electrons. The third kappa shape index (κ3) is 2.74. The maximum atomic E-state index is 13.6. The van der Waals surface area contributed by atoms with E-state index in [2.05, 4.69) is 4.98 Å². The van der Waals surface area contributed by atoms with Crippen molar-refractivity contribution in [2.24, 2.45) is 0 Å². The van der Waals surface area contributed by atoms with Crippen molar-refractivity contribution in [3.05, 3.63) is 58.7 Å². The summed E-state index contributed by atoms with van der Waals surface area (Å²) in [4.78, 5) is 17.4. The van der Waals surface area contributed by atoms with Gasteiger partial charge in [0.1, 0.15) is 28.3 Å². The molecular weight excluding hydrogens is 314 g/mol. The van der Waals surface area contributed by atoms with E-state index in [1.165, 1.54) is 17.2 Å². The highest BCUT2D eigenvalue weighted by atomic mass is 35.5. The largest absolute Gasteiger partial charge is 0.470 e. The molecule has 0 radical (unpaired) electrons. The molecule has 1 aromatic carbocycles. The SMILES string of the molecule is O=C(c1c(F)cccc1F)N1CC(Oc2ncccc2Cl)C1. The van der Waals surface area contributed by atoms with E-state index in [1.807, 2.05) is 0 Å². The van der Waals surface area contributed by atoms with Crippen molar-refractivity contribution in [2.75, 3.05) is 13.1 Å². The Hall–Kier alpha value is -2.21. The van der Waals surface area contributed by atoms with Crippen molar-refractivity contribution in [2.45, 2.75) is 6.10 Å². The number of benzene rings is 1. The minimum atomic E-state index is -0.873. The van der Waals surface area contributed by atoms with Gasteiger partial charge in [0.2, 0.25) is 5.88 Å². The maximum Gasteiger partial charge on any atom is 0.260 e. The molecule has 0 N–H and O–H groups in total. The Bertz CT molecular complexity index is 700. The number of hydrogen-bond acceptors (Lipinski definition) is 3. The van der Waals surface area contributed by atoms with Crippen LogP contribution < -0.4 is 4.74 Å². The molecule has 3 rings (SSSR count). The quantitative estimate of drug-likeness (QED) is 0.872. The first kappa shape index (κ1) is 14.7. The van der Waals surface area contributed by atoms with Crippen molar-refractivity contribution in [1.29, 1.82) is 0 Å². The third-order valence-corrected chi connectivity index (χ3v) is 3.60. The Labute approximate surface area is 130 Å². The molecule has 0 unspecified atom stereocenters. The van der Waals surface area contributed by atoms with E-state index >= 15 is 0 Å². The van der Waals surface area contributed by atoms with Crippen LogP contribution in [0.2, 0.25) is 5.02 Å². The summed E-state index contributed by atoms with van der Waals surface area (Å²) in [6.07, 6.45) is 1.24. The number of carbonyl (C=O) groups is 1. The van der Waals surface area contributed by atoms with Gasteiger partial charge < -0.3 is 9.64 Å². The van der Waals surface area contributed by atoms with Gasteiger partial charge in [0.05, 0.1) is 13.1 Å². The van der Waals surface area contributed by atoms with Gasteiger partial charge in [-0.1, -0.05) is 17.7 Å². The normalized spacial score (nSPS) is 14.6. The molecule has 22 heavy (non-hydrogen) atoms. The first-order valence-electron chi connectivity index (χ1n) is 6.56. The third-order valence-electron chi connectivity index (χ3n) is 3.31.